The summed E-state index contributed by atoms with van der Waals surface area (Å²) in [7, 11) is 0. The lowest BCUT2D eigenvalue weighted by Gasteiger charge is -2.45. The molecule has 4 rings (SSSR count). The van der Waals surface area contributed by atoms with Crippen molar-refractivity contribution in [3.8, 4) is 0 Å². The van der Waals surface area contributed by atoms with Gasteiger partial charge in [0.2, 0.25) is 5.91 Å². The minimum absolute atomic E-state index is 0.0708. The Labute approximate surface area is 143 Å². The second-order valence-corrected chi connectivity index (χ2v) is 7.70. The van der Waals surface area contributed by atoms with Gasteiger partial charge in [0.1, 0.15) is 5.82 Å². The van der Waals surface area contributed by atoms with Gasteiger partial charge in [0.25, 0.3) is 0 Å². The van der Waals surface area contributed by atoms with E-state index in [9.17, 15) is 9.18 Å². The Kier molecular flexibility index (Phi) is 4.09. The summed E-state index contributed by atoms with van der Waals surface area (Å²) in [5.41, 5.74) is 0.863. The van der Waals surface area contributed by atoms with E-state index >= 15 is 0 Å². The van der Waals surface area contributed by atoms with Crippen LogP contribution in [0.15, 0.2) is 24.3 Å². The number of benzene rings is 1. The largest absolute Gasteiger partial charge is 0.323 e. The predicted molar refractivity (Wildman–Crippen MR) is 90.7 cm³/mol. The van der Waals surface area contributed by atoms with Gasteiger partial charge in [-0.25, -0.2) is 4.39 Å². The maximum Gasteiger partial charge on any atom is 0.240 e. The number of halogens is 1. The van der Waals surface area contributed by atoms with E-state index in [1.165, 1.54) is 18.9 Å². The molecule has 1 saturated carbocycles. The molecular weight excluding hydrogens is 305 g/mol. The molecule has 24 heavy (non-hydrogen) atoms. The first-order chi connectivity index (χ1) is 11.6. The molecule has 0 bridgehead atoms. The molecule has 0 aromatic heterocycles. The Balaban J connectivity index is 1.41. The summed E-state index contributed by atoms with van der Waals surface area (Å²) >= 11 is 0. The normalized spacial score (nSPS) is 27.2. The number of hydrogen-bond donors (Lipinski definition) is 1. The number of nitrogens with zero attached hydrogens (tertiary/aromatic N) is 2. The molecule has 1 aromatic rings. The molecule has 4 nitrogen and oxygen atoms in total. The van der Waals surface area contributed by atoms with Crippen LogP contribution in [0.1, 0.15) is 38.2 Å². The van der Waals surface area contributed by atoms with E-state index in [1.807, 2.05) is 13.0 Å². The number of nitrogens with one attached hydrogen (secondary N) is 1. The molecule has 1 amide bonds. The number of likely N-dealkylation sites (tertiary alicyclic amines) is 1. The number of amides is 1. The molecule has 1 aliphatic carbocycles. The van der Waals surface area contributed by atoms with E-state index in [0.717, 1.165) is 44.6 Å². The molecule has 130 valence electrons. The molecule has 1 N–H and O–H groups in total. The van der Waals surface area contributed by atoms with Crippen LogP contribution < -0.4 is 5.32 Å². The van der Waals surface area contributed by atoms with Crippen molar-refractivity contribution >= 4 is 5.91 Å². The fourth-order valence-electron chi connectivity index (χ4n) is 4.20. The summed E-state index contributed by atoms with van der Waals surface area (Å²) < 4.78 is 13.4. The highest BCUT2D eigenvalue weighted by molar-refractivity contribution is 5.84. The highest BCUT2D eigenvalue weighted by Gasteiger charge is 2.50. The zero-order chi connectivity index (χ0) is 16.7. The second kappa shape index (κ2) is 6.12. The third-order valence-corrected chi connectivity index (χ3v) is 5.75. The minimum atomic E-state index is -0.173. The summed E-state index contributed by atoms with van der Waals surface area (Å²) in [4.78, 5) is 17.1. The minimum Gasteiger partial charge on any atom is -0.323 e. The number of piperidine rings is 1. The third kappa shape index (κ3) is 3.07. The van der Waals surface area contributed by atoms with Crippen LogP contribution in [0, 0.1) is 11.7 Å². The molecule has 1 spiro atoms. The van der Waals surface area contributed by atoms with Crippen molar-refractivity contribution in [3.63, 3.8) is 0 Å². The first-order valence-corrected chi connectivity index (χ1v) is 9.12. The molecule has 1 unspecified atom stereocenters. The molecule has 1 aromatic carbocycles. The molecule has 0 radical (unpaired) electrons. The Hall–Kier alpha value is -1.46. The highest BCUT2D eigenvalue weighted by Crippen LogP contribution is 2.38. The Morgan fingerprint density at radius 2 is 2.04 bits per heavy atom. The molecular formula is C19H26FN3O. The third-order valence-electron chi connectivity index (χ3n) is 5.75. The average Bonchev–Trinajstić information content (AvgIpc) is 3.34. The number of carbonyl (C=O) groups is 1. The van der Waals surface area contributed by atoms with E-state index in [4.69, 9.17) is 0 Å². The highest BCUT2D eigenvalue weighted by atomic mass is 19.1. The number of carbonyl (C=O) groups excluding carboxylic acids is 1. The molecule has 5 heteroatoms. The average molecular weight is 331 g/mol. The zero-order valence-electron chi connectivity index (χ0n) is 14.3. The number of hydrogen-bond acceptors (Lipinski definition) is 3. The van der Waals surface area contributed by atoms with Crippen molar-refractivity contribution in [1.82, 2.24) is 15.1 Å². The SMILES string of the molecule is CC1NC2(CCN(Cc3cccc(F)c3)CC2)N(CC2CC2)C1=O. The summed E-state index contributed by atoms with van der Waals surface area (Å²) in [6.07, 6.45) is 4.43. The maximum atomic E-state index is 13.4. The van der Waals surface area contributed by atoms with Crippen molar-refractivity contribution in [1.29, 1.82) is 0 Å². The Bertz CT molecular complexity index is 623. The lowest BCUT2D eigenvalue weighted by Crippen LogP contribution is -2.59. The van der Waals surface area contributed by atoms with Gasteiger partial charge in [0, 0.05) is 26.2 Å². The van der Waals surface area contributed by atoms with Gasteiger partial charge in [-0.3, -0.25) is 15.0 Å². The first kappa shape index (κ1) is 16.0. The van der Waals surface area contributed by atoms with Crippen LogP contribution >= 0.6 is 0 Å². The van der Waals surface area contributed by atoms with Gasteiger partial charge in [-0.15, -0.1) is 0 Å². The van der Waals surface area contributed by atoms with Crippen molar-refractivity contribution in [2.45, 2.75) is 50.9 Å². The predicted octanol–water partition coefficient (Wildman–Crippen LogP) is 2.35. The van der Waals surface area contributed by atoms with Crippen LogP contribution in [0.5, 0.6) is 0 Å². The molecule has 3 aliphatic rings. The van der Waals surface area contributed by atoms with Crippen LogP contribution in [0.3, 0.4) is 0 Å². The summed E-state index contributed by atoms with van der Waals surface area (Å²) in [6.45, 7) is 5.55. The standard InChI is InChI=1S/C19H26FN3O/c1-14-18(24)23(13-15-5-6-15)19(21-14)7-9-22(10-8-19)12-16-3-2-4-17(20)11-16/h2-4,11,14-15,21H,5-10,12-13H2,1H3. The number of rotatable bonds is 4. The smallest absolute Gasteiger partial charge is 0.240 e. The van der Waals surface area contributed by atoms with Gasteiger partial charge in [-0.05, 0) is 56.2 Å². The molecule has 3 fully saturated rings. The maximum absolute atomic E-state index is 13.4. The van der Waals surface area contributed by atoms with E-state index in [1.54, 1.807) is 12.1 Å². The molecule has 2 heterocycles. The topological polar surface area (TPSA) is 35.6 Å². The van der Waals surface area contributed by atoms with E-state index < -0.39 is 0 Å². The summed E-state index contributed by atoms with van der Waals surface area (Å²) in [6, 6.07) is 6.78. The zero-order valence-corrected chi connectivity index (χ0v) is 14.3. The van der Waals surface area contributed by atoms with Crippen LogP contribution in [0.2, 0.25) is 0 Å². The van der Waals surface area contributed by atoms with E-state index in [-0.39, 0.29) is 23.4 Å². The molecule has 2 aliphatic heterocycles. The second-order valence-electron chi connectivity index (χ2n) is 7.70. The van der Waals surface area contributed by atoms with Gasteiger partial charge in [-0.2, -0.15) is 0 Å². The van der Waals surface area contributed by atoms with E-state index in [0.29, 0.717) is 5.92 Å². The fourth-order valence-corrected chi connectivity index (χ4v) is 4.20. The van der Waals surface area contributed by atoms with Crippen LogP contribution in [-0.2, 0) is 11.3 Å². The van der Waals surface area contributed by atoms with Gasteiger partial charge < -0.3 is 4.90 Å². The summed E-state index contributed by atoms with van der Waals surface area (Å²) in [5.74, 6) is 0.803. The fraction of sp³-hybridized carbons (Fsp3) is 0.632. The van der Waals surface area contributed by atoms with Crippen molar-refractivity contribution in [2.75, 3.05) is 19.6 Å². The van der Waals surface area contributed by atoms with Gasteiger partial charge in [0.15, 0.2) is 0 Å². The lowest BCUT2D eigenvalue weighted by molar-refractivity contribution is -0.133. The molecule has 2 saturated heterocycles. The van der Waals surface area contributed by atoms with Crippen molar-refractivity contribution in [3.05, 3.63) is 35.6 Å². The van der Waals surface area contributed by atoms with Crippen LogP contribution in [0.25, 0.3) is 0 Å². The summed E-state index contributed by atoms with van der Waals surface area (Å²) in [5, 5.41) is 3.59. The van der Waals surface area contributed by atoms with E-state index in [2.05, 4.69) is 15.1 Å². The van der Waals surface area contributed by atoms with Crippen molar-refractivity contribution in [2.24, 2.45) is 5.92 Å². The van der Waals surface area contributed by atoms with Crippen molar-refractivity contribution < 1.29 is 9.18 Å². The first-order valence-electron chi connectivity index (χ1n) is 9.12. The molecule has 1 atom stereocenters. The van der Waals surface area contributed by atoms with Crippen LogP contribution in [0.4, 0.5) is 4.39 Å². The Morgan fingerprint density at radius 1 is 1.29 bits per heavy atom. The van der Waals surface area contributed by atoms with Gasteiger partial charge in [0.05, 0.1) is 11.7 Å². The monoisotopic (exact) mass is 331 g/mol. The Morgan fingerprint density at radius 3 is 2.71 bits per heavy atom. The van der Waals surface area contributed by atoms with Gasteiger partial charge >= 0.3 is 0 Å². The lowest BCUT2D eigenvalue weighted by atomic mass is 9.95. The van der Waals surface area contributed by atoms with Gasteiger partial charge in [-0.1, -0.05) is 12.1 Å². The van der Waals surface area contributed by atoms with Crippen LogP contribution in [-0.4, -0.2) is 47.0 Å². The quantitative estimate of drug-likeness (QED) is 0.920.